The lowest BCUT2D eigenvalue weighted by Crippen LogP contribution is -2.27. The van der Waals surface area contributed by atoms with Crippen molar-refractivity contribution >= 4 is 22.5 Å². The van der Waals surface area contributed by atoms with E-state index in [1.165, 1.54) is 22.2 Å². The fourth-order valence-corrected chi connectivity index (χ4v) is 2.92. The summed E-state index contributed by atoms with van der Waals surface area (Å²) in [5.41, 5.74) is 3.97. The van der Waals surface area contributed by atoms with Crippen LogP contribution in [0.3, 0.4) is 0 Å². The van der Waals surface area contributed by atoms with E-state index in [4.69, 9.17) is 11.6 Å². The summed E-state index contributed by atoms with van der Waals surface area (Å²) in [6.45, 7) is 5.14. The summed E-state index contributed by atoms with van der Waals surface area (Å²) in [6.07, 6.45) is 1.06. The molecular formula is C13H15ClN2. The molecule has 0 spiro atoms. The van der Waals surface area contributed by atoms with E-state index in [1.54, 1.807) is 0 Å². The molecule has 2 heterocycles. The molecule has 0 fully saturated rings. The first-order valence-electron chi connectivity index (χ1n) is 5.82. The molecule has 2 aromatic rings. The summed E-state index contributed by atoms with van der Waals surface area (Å²) in [5.74, 6) is 0. The number of nitrogens with zero attached hydrogens (tertiary/aromatic N) is 1. The van der Waals surface area contributed by atoms with Crippen LogP contribution in [0.15, 0.2) is 18.2 Å². The molecule has 16 heavy (non-hydrogen) atoms. The third kappa shape index (κ3) is 1.30. The molecule has 0 saturated heterocycles. The Morgan fingerprint density at radius 3 is 3.12 bits per heavy atom. The standard InChI is InChI=1S/C13H15ClN2/c1-2-9-4-3-5-10-12(14)11-8-15-6-7-16(11)13(9)10/h3-5,15H,2,6-8H2,1H3. The number of nitrogens with one attached hydrogen (secondary N) is 1. The number of benzene rings is 1. The van der Waals surface area contributed by atoms with Crippen LogP contribution in [-0.2, 0) is 19.5 Å². The van der Waals surface area contributed by atoms with Crippen LogP contribution in [0.4, 0.5) is 0 Å². The molecule has 0 aliphatic carbocycles. The zero-order chi connectivity index (χ0) is 11.1. The Morgan fingerprint density at radius 1 is 1.44 bits per heavy atom. The van der Waals surface area contributed by atoms with E-state index >= 15 is 0 Å². The maximum absolute atomic E-state index is 6.44. The molecule has 1 aliphatic heterocycles. The molecule has 3 rings (SSSR count). The van der Waals surface area contributed by atoms with Gasteiger partial charge >= 0.3 is 0 Å². The van der Waals surface area contributed by atoms with Crippen LogP contribution in [0.5, 0.6) is 0 Å². The lowest BCUT2D eigenvalue weighted by atomic mass is 10.1. The number of fused-ring (bicyclic) bond motifs is 3. The molecule has 0 saturated carbocycles. The molecule has 0 bridgehead atoms. The number of hydrogen-bond donors (Lipinski definition) is 1. The minimum Gasteiger partial charge on any atom is -0.341 e. The third-order valence-electron chi connectivity index (χ3n) is 3.39. The summed E-state index contributed by atoms with van der Waals surface area (Å²) in [6, 6.07) is 6.43. The lowest BCUT2D eigenvalue weighted by Gasteiger charge is -2.18. The summed E-state index contributed by atoms with van der Waals surface area (Å²) in [7, 11) is 0. The van der Waals surface area contributed by atoms with Gasteiger partial charge in [0.2, 0.25) is 0 Å². The van der Waals surface area contributed by atoms with Gasteiger partial charge in [-0.05, 0) is 12.0 Å². The predicted octanol–water partition coefficient (Wildman–Crippen LogP) is 2.96. The van der Waals surface area contributed by atoms with Crippen LogP contribution in [0.1, 0.15) is 18.2 Å². The van der Waals surface area contributed by atoms with Crippen molar-refractivity contribution in [2.24, 2.45) is 0 Å². The molecule has 0 unspecified atom stereocenters. The van der Waals surface area contributed by atoms with Crippen molar-refractivity contribution in [2.45, 2.75) is 26.4 Å². The number of halogens is 1. The molecule has 3 heteroatoms. The average molecular weight is 235 g/mol. The summed E-state index contributed by atoms with van der Waals surface area (Å²) in [4.78, 5) is 0. The van der Waals surface area contributed by atoms with E-state index in [0.717, 1.165) is 31.1 Å². The van der Waals surface area contributed by atoms with Crippen LogP contribution in [0.25, 0.3) is 10.9 Å². The van der Waals surface area contributed by atoms with Crippen LogP contribution < -0.4 is 5.32 Å². The van der Waals surface area contributed by atoms with Crippen molar-refractivity contribution in [3.8, 4) is 0 Å². The van der Waals surface area contributed by atoms with Crippen molar-refractivity contribution in [1.82, 2.24) is 9.88 Å². The van der Waals surface area contributed by atoms with E-state index in [9.17, 15) is 0 Å². The van der Waals surface area contributed by atoms with Gasteiger partial charge in [-0.15, -0.1) is 0 Å². The third-order valence-corrected chi connectivity index (χ3v) is 3.81. The van der Waals surface area contributed by atoms with Gasteiger partial charge in [0.25, 0.3) is 0 Å². The van der Waals surface area contributed by atoms with Gasteiger partial charge in [0, 0.05) is 25.0 Å². The molecule has 0 amide bonds. The molecule has 1 N–H and O–H groups in total. The minimum absolute atomic E-state index is 0.886. The molecule has 0 radical (unpaired) electrons. The predicted molar refractivity (Wildman–Crippen MR) is 68.0 cm³/mol. The lowest BCUT2D eigenvalue weighted by molar-refractivity contribution is 0.526. The van der Waals surface area contributed by atoms with Gasteiger partial charge in [0.05, 0.1) is 16.2 Å². The Hall–Kier alpha value is -0.990. The quantitative estimate of drug-likeness (QED) is 0.803. The zero-order valence-electron chi connectivity index (χ0n) is 9.39. The molecule has 1 aromatic carbocycles. The summed E-state index contributed by atoms with van der Waals surface area (Å²) < 4.78 is 2.38. The van der Waals surface area contributed by atoms with E-state index in [2.05, 4.69) is 35.0 Å². The largest absolute Gasteiger partial charge is 0.341 e. The molecule has 1 aliphatic rings. The Kier molecular flexibility index (Phi) is 2.41. The highest BCUT2D eigenvalue weighted by Crippen LogP contribution is 2.33. The fourth-order valence-electron chi connectivity index (χ4n) is 2.60. The first kappa shape index (κ1) is 10.2. The Balaban J connectivity index is 2.40. The smallest absolute Gasteiger partial charge is 0.0707 e. The second-order valence-corrected chi connectivity index (χ2v) is 4.63. The number of para-hydroxylation sites is 1. The number of aromatic nitrogens is 1. The Labute approximate surface area is 100 Å². The van der Waals surface area contributed by atoms with E-state index < -0.39 is 0 Å². The maximum atomic E-state index is 6.44. The van der Waals surface area contributed by atoms with Crippen LogP contribution in [0, 0.1) is 0 Å². The highest BCUT2D eigenvalue weighted by atomic mass is 35.5. The highest BCUT2D eigenvalue weighted by Gasteiger charge is 2.19. The molecule has 0 atom stereocenters. The number of rotatable bonds is 1. The van der Waals surface area contributed by atoms with E-state index in [0.29, 0.717) is 0 Å². The second-order valence-electron chi connectivity index (χ2n) is 4.26. The van der Waals surface area contributed by atoms with E-state index in [1.807, 2.05) is 0 Å². The fraction of sp³-hybridized carbons (Fsp3) is 0.385. The van der Waals surface area contributed by atoms with Crippen LogP contribution in [0.2, 0.25) is 5.02 Å². The van der Waals surface area contributed by atoms with Crippen LogP contribution >= 0.6 is 11.6 Å². The minimum atomic E-state index is 0.886. The van der Waals surface area contributed by atoms with Crippen molar-refractivity contribution in [1.29, 1.82) is 0 Å². The van der Waals surface area contributed by atoms with Gasteiger partial charge in [-0.3, -0.25) is 0 Å². The Morgan fingerprint density at radius 2 is 2.31 bits per heavy atom. The van der Waals surface area contributed by atoms with Gasteiger partial charge in [0.15, 0.2) is 0 Å². The Bertz CT molecular complexity index is 542. The van der Waals surface area contributed by atoms with Crippen molar-refractivity contribution in [3.63, 3.8) is 0 Å². The number of aryl methyl sites for hydroxylation is 1. The normalized spacial score (nSPS) is 15.4. The van der Waals surface area contributed by atoms with E-state index in [-0.39, 0.29) is 0 Å². The molecular weight excluding hydrogens is 220 g/mol. The van der Waals surface area contributed by atoms with Gasteiger partial charge in [-0.1, -0.05) is 36.7 Å². The zero-order valence-corrected chi connectivity index (χ0v) is 10.1. The van der Waals surface area contributed by atoms with Gasteiger partial charge in [-0.25, -0.2) is 0 Å². The first-order valence-corrected chi connectivity index (χ1v) is 6.20. The van der Waals surface area contributed by atoms with Crippen molar-refractivity contribution < 1.29 is 0 Å². The van der Waals surface area contributed by atoms with Crippen LogP contribution in [-0.4, -0.2) is 11.1 Å². The topological polar surface area (TPSA) is 17.0 Å². The highest BCUT2D eigenvalue weighted by molar-refractivity contribution is 6.36. The summed E-state index contributed by atoms with van der Waals surface area (Å²) >= 11 is 6.44. The average Bonchev–Trinajstić information content (AvgIpc) is 2.64. The SMILES string of the molecule is CCc1cccc2c(Cl)c3n(c12)CCNC3. The summed E-state index contributed by atoms with van der Waals surface area (Å²) in [5, 5.41) is 5.51. The van der Waals surface area contributed by atoms with Crippen molar-refractivity contribution in [3.05, 3.63) is 34.5 Å². The molecule has 2 nitrogen and oxygen atoms in total. The monoisotopic (exact) mass is 234 g/mol. The van der Waals surface area contributed by atoms with Crippen molar-refractivity contribution in [2.75, 3.05) is 6.54 Å². The van der Waals surface area contributed by atoms with Gasteiger partial charge in [0.1, 0.15) is 0 Å². The second kappa shape index (κ2) is 3.79. The van der Waals surface area contributed by atoms with Gasteiger partial charge < -0.3 is 9.88 Å². The molecule has 1 aromatic heterocycles. The maximum Gasteiger partial charge on any atom is 0.0707 e. The number of hydrogen-bond acceptors (Lipinski definition) is 1. The van der Waals surface area contributed by atoms with Gasteiger partial charge in [-0.2, -0.15) is 0 Å². The molecule has 84 valence electrons. The first-order chi connectivity index (χ1) is 7.83.